The average Bonchev–Trinajstić information content (AvgIpc) is 2.76. The fourth-order valence-corrected chi connectivity index (χ4v) is 3.98. The van der Waals surface area contributed by atoms with Gasteiger partial charge in [0.2, 0.25) is 11.8 Å². The molecule has 1 fully saturated rings. The SMILES string of the molecule is O=C(CN1CCC(C(=O)Nc2ccc(Cl)cc2)CC1)Nc1cccc2ccccc12. The van der Waals surface area contributed by atoms with Crippen LogP contribution in [0.4, 0.5) is 11.4 Å². The van der Waals surface area contributed by atoms with Crippen LogP contribution < -0.4 is 10.6 Å². The second-order valence-corrected chi connectivity index (χ2v) is 8.06. The fraction of sp³-hybridized carbons (Fsp3) is 0.250. The van der Waals surface area contributed by atoms with E-state index < -0.39 is 0 Å². The van der Waals surface area contributed by atoms with Crippen LogP contribution in [0.3, 0.4) is 0 Å². The Hall–Kier alpha value is -2.89. The molecular weight excluding hydrogens is 398 g/mol. The Labute approximate surface area is 181 Å². The van der Waals surface area contributed by atoms with E-state index in [1.54, 1.807) is 24.3 Å². The summed E-state index contributed by atoms with van der Waals surface area (Å²) in [7, 11) is 0. The lowest BCUT2D eigenvalue weighted by Crippen LogP contribution is -2.41. The molecular formula is C24H24ClN3O2. The van der Waals surface area contributed by atoms with Crippen LogP contribution in [0.15, 0.2) is 66.7 Å². The third-order valence-electron chi connectivity index (χ3n) is 5.50. The van der Waals surface area contributed by atoms with E-state index in [0.29, 0.717) is 11.6 Å². The van der Waals surface area contributed by atoms with E-state index in [1.807, 2.05) is 42.5 Å². The van der Waals surface area contributed by atoms with Crippen LogP contribution in [0, 0.1) is 5.92 Å². The largest absolute Gasteiger partial charge is 0.326 e. The number of likely N-dealkylation sites (tertiary alicyclic amines) is 1. The van der Waals surface area contributed by atoms with Crippen LogP contribution in [0.5, 0.6) is 0 Å². The Bertz CT molecular complexity index is 1040. The molecule has 154 valence electrons. The van der Waals surface area contributed by atoms with Crippen molar-refractivity contribution in [2.24, 2.45) is 5.92 Å². The third kappa shape index (κ3) is 4.99. The lowest BCUT2D eigenvalue weighted by Gasteiger charge is -2.30. The number of halogens is 1. The van der Waals surface area contributed by atoms with Crippen molar-refractivity contribution >= 4 is 45.6 Å². The first-order valence-electron chi connectivity index (χ1n) is 10.1. The van der Waals surface area contributed by atoms with Gasteiger partial charge in [-0.3, -0.25) is 14.5 Å². The van der Waals surface area contributed by atoms with Gasteiger partial charge in [0.25, 0.3) is 0 Å². The highest BCUT2D eigenvalue weighted by Gasteiger charge is 2.26. The molecule has 1 saturated heterocycles. The van der Waals surface area contributed by atoms with Gasteiger partial charge >= 0.3 is 0 Å². The van der Waals surface area contributed by atoms with Crippen molar-refractivity contribution < 1.29 is 9.59 Å². The quantitative estimate of drug-likeness (QED) is 0.623. The van der Waals surface area contributed by atoms with E-state index in [0.717, 1.165) is 48.1 Å². The van der Waals surface area contributed by atoms with Gasteiger partial charge in [0.05, 0.1) is 6.54 Å². The van der Waals surface area contributed by atoms with E-state index in [2.05, 4.69) is 15.5 Å². The Balaban J connectivity index is 1.27. The molecule has 0 spiro atoms. The average molecular weight is 422 g/mol. The van der Waals surface area contributed by atoms with Gasteiger partial charge in [0, 0.05) is 27.7 Å². The van der Waals surface area contributed by atoms with E-state index in [1.165, 1.54) is 0 Å². The van der Waals surface area contributed by atoms with Crippen molar-refractivity contribution in [1.82, 2.24) is 4.90 Å². The molecule has 0 atom stereocenters. The van der Waals surface area contributed by atoms with E-state index in [9.17, 15) is 9.59 Å². The Morgan fingerprint density at radius 3 is 2.37 bits per heavy atom. The molecule has 4 rings (SSSR count). The van der Waals surface area contributed by atoms with E-state index in [4.69, 9.17) is 11.6 Å². The number of amides is 2. The van der Waals surface area contributed by atoms with Crippen molar-refractivity contribution in [2.45, 2.75) is 12.8 Å². The molecule has 0 saturated carbocycles. The lowest BCUT2D eigenvalue weighted by atomic mass is 9.96. The number of anilines is 2. The zero-order valence-electron chi connectivity index (χ0n) is 16.6. The number of fused-ring (bicyclic) bond motifs is 1. The maximum atomic E-state index is 12.6. The number of hydrogen-bond acceptors (Lipinski definition) is 3. The summed E-state index contributed by atoms with van der Waals surface area (Å²) in [4.78, 5) is 27.2. The molecule has 0 bridgehead atoms. The summed E-state index contributed by atoms with van der Waals surface area (Å²) in [5.74, 6) is -0.0503. The van der Waals surface area contributed by atoms with Crippen LogP contribution in [0.2, 0.25) is 5.02 Å². The monoisotopic (exact) mass is 421 g/mol. The maximum absolute atomic E-state index is 12.6. The highest BCUT2D eigenvalue weighted by atomic mass is 35.5. The van der Waals surface area contributed by atoms with Crippen molar-refractivity contribution in [2.75, 3.05) is 30.3 Å². The molecule has 1 aliphatic rings. The highest BCUT2D eigenvalue weighted by molar-refractivity contribution is 6.30. The van der Waals surface area contributed by atoms with Gasteiger partial charge in [0.15, 0.2) is 0 Å². The number of carbonyl (C=O) groups is 2. The van der Waals surface area contributed by atoms with E-state index >= 15 is 0 Å². The molecule has 0 aromatic heterocycles. The first-order valence-corrected chi connectivity index (χ1v) is 10.5. The van der Waals surface area contributed by atoms with E-state index in [-0.39, 0.29) is 17.7 Å². The van der Waals surface area contributed by atoms with Gasteiger partial charge in [-0.25, -0.2) is 0 Å². The standard InChI is InChI=1S/C24H24ClN3O2/c25-19-8-10-20(11-9-19)26-24(30)18-12-14-28(15-13-18)16-23(29)27-22-7-3-5-17-4-1-2-6-21(17)22/h1-11,18H,12-16H2,(H,26,30)(H,27,29). The molecule has 5 nitrogen and oxygen atoms in total. The lowest BCUT2D eigenvalue weighted by molar-refractivity contribution is -0.121. The fourth-order valence-electron chi connectivity index (χ4n) is 3.86. The van der Waals surface area contributed by atoms with Crippen LogP contribution in [0.1, 0.15) is 12.8 Å². The highest BCUT2D eigenvalue weighted by Crippen LogP contribution is 2.24. The molecule has 2 N–H and O–H groups in total. The molecule has 2 amide bonds. The smallest absolute Gasteiger partial charge is 0.238 e. The minimum Gasteiger partial charge on any atom is -0.326 e. The Morgan fingerprint density at radius 1 is 0.900 bits per heavy atom. The number of carbonyl (C=O) groups excluding carboxylic acids is 2. The normalized spacial score (nSPS) is 15.1. The van der Waals surface area contributed by atoms with Gasteiger partial charge in [0.1, 0.15) is 0 Å². The second kappa shape index (κ2) is 9.28. The third-order valence-corrected chi connectivity index (χ3v) is 5.75. The van der Waals surface area contributed by atoms with Crippen molar-refractivity contribution in [3.8, 4) is 0 Å². The van der Waals surface area contributed by atoms with Gasteiger partial charge in [-0.1, -0.05) is 48.0 Å². The number of nitrogens with zero attached hydrogens (tertiary/aromatic N) is 1. The molecule has 6 heteroatoms. The summed E-state index contributed by atoms with van der Waals surface area (Å²) < 4.78 is 0. The summed E-state index contributed by atoms with van der Waals surface area (Å²) in [6.07, 6.45) is 1.47. The van der Waals surface area contributed by atoms with Crippen molar-refractivity contribution in [3.05, 3.63) is 71.8 Å². The minimum atomic E-state index is -0.0435. The number of nitrogens with one attached hydrogen (secondary N) is 2. The van der Waals surface area contributed by atoms with Crippen LogP contribution in [-0.2, 0) is 9.59 Å². The molecule has 0 unspecified atom stereocenters. The molecule has 3 aromatic rings. The van der Waals surface area contributed by atoms with Crippen LogP contribution >= 0.6 is 11.6 Å². The Morgan fingerprint density at radius 2 is 1.60 bits per heavy atom. The maximum Gasteiger partial charge on any atom is 0.238 e. The molecule has 3 aromatic carbocycles. The number of hydrogen-bond donors (Lipinski definition) is 2. The van der Waals surface area contributed by atoms with Crippen molar-refractivity contribution in [1.29, 1.82) is 0 Å². The predicted molar refractivity (Wildman–Crippen MR) is 122 cm³/mol. The van der Waals surface area contributed by atoms with Crippen molar-refractivity contribution in [3.63, 3.8) is 0 Å². The molecule has 0 radical (unpaired) electrons. The molecule has 30 heavy (non-hydrogen) atoms. The first-order chi connectivity index (χ1) is 14.6. The molecule has 1 heterocycles. The second-order valence-electron chi connectivity index (χ2n) is 7.62. The van der Waals surface area contributed by atoms with Gasteiger partial charge < -0.3 is 10.6 Å². The number of benzene rings is 3. The summed E-state index contributed by atoms with van der Waals surface area (Å²) >= 11 is 5.88. The van der Waals surface area contributed by atoms with Gasteiger partial charge in [-0.05, 0) is 61.6 Å². The summed E-state index contributed by atoms with van der Waals surface area (Å²) in [5.41, 5.74) is 1.58. The molecule has 0 aliphatic carbocycles. The van der Waals surface area contributed by atoms with Crippen LogP contribution in [-0.4, -0.2) is 36.3 Å². The summed E-state index contributed by atoms with van der Waals surface area (Å²) in [5, 5.41) is 8.76. The summed E-state index contributed by atoms with van der Waals surface area (Å²) in [6, 6.07) is 21.0. The van der Waals surface area contributed by atoms with Gasteiger partial charge in [-0.2, -0.15) is 0 Å². The number of piperidine rings is 1. The number of rotatable bonds is 5. The zero-order chi connectivity index (χ0) is 20.9. The molecule has 1 aliphatic heterocycles. The van der Waals surface area contributed by atoms with Gasteiger partial charge in [-0.15, -0.1) is 0 Å². The van der Waals surface area contributed by atoms with Crippen LogP contribution in [0.25, 0.3) is 10.8 Å². The summed E-state index contributed by atoms with van der Waals surface area (Å²) in [6.45, 7) is 1.78. The first kappa shape index (κ1) is 20.4. The predicted octanol–water partition coefficient (Wildman–Crippen LogP) is 4.78. The minimum absolute atomic E-state index is 0.0252. The zero-order valence-corrected chi connectivity index (χ0v) is 17.4. The Kier molecular flexibility index (Phi) is 6.31. The topological polar surface area (TPSA) is 61.4 Å².